The van der Waals surface area contributed by atoms with Gasteiger partial charge in [0, 0.05) is 19.3 Å². The molecule has 0 amide bonds. The first kappa shape index (κ1) is 65.4. The number of hydrogen-bond acceptors (Lipinski definition) is 6. The SMILES string of the molecule is CC/C=C\C/C=C\C/C=C\C/C=C\CCCCCCCCCCCCCCC(=O)OCC(COC(=O)CCCCCCCCCCCCCC)OC(=O)CCCCCCCCCCCCCCC. The molecule has 1 unspecified atom stereocenters. The maximum atomic E-state index is 12.8. The average Bonchev–Trinajstić information content (AvgIpc) is 3.34. The molecule has 1 atom stereocenters. The third-order valence-electron chi connectivity index (χ3n) is 13.1. The van der Waals surface area contributed by atoms with Gasteiger partial charge >= 0.3 is 17.9 Å². The van der Waals surface area contributed by atoms with Crippen LogP contribution in [0, 0.1) is 0 Å². The highest BCUT2D eigenvalue weighted by Crippen LogP contribution is 2.17. The van der Waals surface area contributed by atoms with Crippen molar-refractivity contribution in [2.45, 2.75) is 316 Å². The minimum Gasteiger partial charge on any atom is -0.462 e. The van der Waals surface area contributed by atoms with Gasteiger partial charge in [-0.15, -0.1) is 0 Å². The van der Waals surface area contributed by atoms with E-state index < -0.39 is 6.10 Å². The fraction of sp³-hybridized carbons (Fsp3) is 0.823. The summed E-state index contributed by atoms with van der Waals surface area (Å²) in [6.07, 6.45) is 69.6. The first-order valence-electron chi connectivity index (χ1n) is 29.6. The van der Waals surface area contributed by atoms with Gasteiger partial charge in [-0.25, -0.2) is 0 Å². The van der Waals surface area contributed by atoms with Crippen LogP contribution in [-0.4, -0.2) is 37.2 Å². The normalized spacial score (nSPS) is 12.3. The van der Waals surface area contributed by atoms with Gasteiger partial charge in [0.2, 0.25) is 0 Å². The van der Waals surface area contributed by atoms with Gasteiger partial charge in [-0.2, -0.15) is 0 Å². The summed E-state index contributed by atoms with van der Waals surface area (Å²) in [6, 6.07) is 0. The van der Waals surface area contributed by atoms with Crippen molar-refractivity contribution in [1.82, 2.24) is 0 Å². The Morgan fingerprint density at radius 2 is 0.574 bits per heavy atom. The zero-order valence-electron chi connectivity index (χ0n) is 45.4. The van der Waals surface area contributed by atoms with Gasteiger partial charge in [0.15, 0.2) is 6.10 Å². The maximum absolute atomic E-state index is 12.8. The highest BCUT2D eigenvalue weighted by atomic mass is 16.6. The minimum absolute atomic E-state index is 0.0681. The van der Waals surface area contributed by atoms with Crippen LogP contribution in [0.2, 0.25) is 0 Å². The number of ether oxygens (including phenoxy) is 3. The van der Waals surface area contributed by atoms with Crippen LogP contribution in [-0.2, 0) is 28.6 Å². The molecule has 0 heterocycles. The average molecular weight is 954 g/mol. The molecule has 0 aliphatic heterocycles. The lowest BCUT2D eigenvalue weighted by atomic mass is 10.0. The molecule has 0 saturated heterocycles. The van der Waals surface area contributed by atoms with Gasteiger partial charge in [0.1, 0.15) is 13.2 Å². The molecule has 0 N–H and O–H groups in total. The van der Waals surface area contributed by atoms with Crippen LogP contribution in [0.3, 0.4) is 0 Å². The van der Waals surface area contributed by atoms with E-state index in [1.165, 1.54) is 186 Å². The van der Waals surface area contributed by atoms with E-state index in [0.717, 1.165) is 83.5 Å². The highest BCUT2D eigenvalue weighted by molar-refractivity contribution is 5.71. The summed E-state index contributed by atoms with van der Waals surface area (Å²) in [5.74, 6) is -0.853. The Hall–Kier alpha value is -2.63. The van der Waals surface area contributed by atoms with Crippen molar-refractivity contribution >= 4 is 17.9 Å². The zero-order chi connectivity index (χ0) is 49.3. The number of esters is 3. The van der Waals surface area contributed by atoms with Crippen LogP contribution < -0.4 is 0 Å². The molecule has 6 heteroatoms. The van der Waals surface area contributed by atoms with E-state index in [1.54, 1.807) is 0 Å². The van der Waals surface area contributed by atoms with Crippen molar-refractivity contribution in [2.75, 3.05) is 13.2 Å². The predicted octanol–water partition coefficient (Wildman–Crippen LogP) is 19.8. The molecule has 396 valence electrons. The van der Waals surface area contributed by atoms with E-state index in [-0.39, 0.29) is 31.1 Å². The Labute approximate surface area is 422 Å². The standard InChI is InChI=1S/C62H112O6/c1-4-7-10-13-16-19-22-25-26-27-28-29-30-31-32-33-34-35-36-38-40-43-46-49-52-55-61(64)67-58-59(57-66-60(63)54-51-48-45-42-39-24-21-18-15-12-9-6-3)68-62(65)56-53-50-47-44-41-37-23-20-17-14-11-8-5-2/h7,10,16,19,25-26,28-29,59H,4-6,8-9,11-15,17-18,20-24,27,30-58H2,1-3H3/b10-7-,19-16-,26-25-,29-28-. The summed E-state index contributed by atoms with van der Waals surface area (Å²) < 4.78 is 16.9. The Balaban J connectivity index is 4.21. The predicted molar refractivity (Wildman–Crippen MR) is 293 cm³/mol. The number of unbranched alkanes of at least 4 members (excludes halogenated alkanes) is 35. The molecule has 0 fully saturated rings. The van der Waals surface area contributed by atoms with Crippen molar-refractivity contribution in [3.63, 3.8) is 0 Å². The third-order valence-corrected chi connectivity index (χ3v) is 13.1. The summed E-state index contributed by atoms with van der Waals surface area (Å²) in [4.78, 5) is 38.1. The molecule has 0 rings (SSSR count). The Kier molecular flexibility index (Phi) is 54.8. The maximum Gasteiger partial charge on any atom is 0.306 e. The van der Waals surface area contributed by atoms with Crippen LogP contribution >= 0.6 is 0 Å². The first-order chi connectivity index (χ1) is 33.5. The van der Waals surface area contributed by atoms with E-state index in [4.69, 9.17) is 14.2 Å². The molecule has 0 aromatic rings. The topological polar surface area (TPSA) is 78.9 Å². The van der Waals surface area contributed by atoms with Crippen molar-refractivity contribution in [1.29, 1.82) is 0 Å². The molecule has 0 saturated carbocycles. The monoisotopic (exact) mass is 953 g/mol. The smallest absolute Gasteiger partial charge is 0.306 e. The van der Waals surface area contributed by atoms with Gasteiger partial charge in [0.25, 0.3) is 0 Å². The Morgan fingerprint density at radius 3 is 0.897 bits per heavy atom. The Bertz CT molecular complexity index is 1190. The highest BCUT2D eigenvalue weighted by Gasteiger charge is 2.19. The van der Waals surface area contributed by atoms with Crippen LogP contribution in [0.5, 0.6) is 0 Å². The van der Waals surface area contributed by atoms with Gasteiger partial charge in [-0.1, -0.05) is 281 Å². The number of allylic oxidation sites excluding steroid dienone is 8. The fourth-order valence-electron chi connectivity index (χ4n) is 8.67. The lowest BCUT2D eigenvalue weighted by Crippen LogP contribution is -2.30. The quantitative estimate of drug-likeness (QED) is 0.0262. The molecule has 0 radical (unpaired) electrons. The number of rotatable bonds is 54. The summed E-state index contributed by atoms with van der Waals surface area (Å²) in [6.45, 7) is 6.56. The summed E-state index contributed by atoms with van der Waals surface area (Å²) in [7, 11) is 0. The van der Waals surface area contributed by atoms with Gasteiger partial charge in [-0.05, 0) is 57.8 Å². The van der Waals surface area contributed by atoms with E-state index in [9.17, 15) is 14.4 Å². The molecule has 0 aromatic heterocycles. The molecule has 0 bridgehead atoms. The summed E-state index contributed by atoms with van der Waals surface area (Å²) in [5.41, 5.74) is 0. The van der Waals surface area contributed by atoms with Gasteiger partial charge < -0.3 is 14.2 Å². The van der Waals surface area contributed by atoms with E-state index in [0.29, 0.717) is 19.3 Å². The van der Waals surface area contributed by atoms with E-state index in [2.05, 4.69) is 69.4 Å². The fourth-order valence-corrected chi connectivity index (χ4v) is 8.67. The van der Waals surface area contributed by atoms with Gasteiger partial charge in [-0.3, -0.25) is 14.4 Å². The largest absolute Gasteiger partial charge is 0.462 e. The number of carbonyl (C=O) groups excluding carboxylic acids is 3. The van der Waals surface area contributed by atoms with Crippen LogP contribution in [0.1, 0.15) is 310 Å². The first-order valence-corrected chi connectivity index (χ1v) is 29.6. The molecule has 68 heavy (non-hydrogen) atoms. The van der Waals surface area contributed by atoms with Crippen LogP contribution in [0.4, 0.5) is 0 Å². The Morgan fingerprint density at radius 1 is 0.309 bits per heavy atom. The molecule has 0 spiro atoms. The zero-order valence-corrected chi connectivity index (χ0v) is 45.4. The van der Waals surface area contributed by atoms with Crippen LogP contribution in [0.25, 0.3) is 0 Å². The molecule has 0 aromatic carbocycles. The molecule has 0 aliphatic carbocycles. The van der Waals surface area contributed by atoms with E-state index >= 15 is 0 Å². The summed E-state index contributed by atoms with van der Waals surface area (Å²) in [5, 5.41) is 0. The van der Waals surface area contributed by atoms with Crippen molar-refractivity contribution in [3.8, 4) is 0 Å². The second-order valence-electron chi connectivity index (χ2n) is 19.9. The number of carbonyl (C=O) groups is 3. The summed E-state index contributed by atoms with van der Waals surface area (Å²) >= 11 is 0. The number of hydrogen-bond donors (Lipinski definition) is 0. The van der Waals surface area contributed by atoms with E-state index in [1.807, 2.05) is 0 Å². The molecular weight excluding hydrogens is 841 g/mol. The minimum atomic E-state index is -0.768. The lowest BCUT2D eigenvalue weighted by Gasteiger charge is -2.18. The van der Waals surface area contributed by atoms with Crippen LogP contribution in [0.15, 0.2) is 48.6 Å². The molecular formula is C62H112O6. The second kappa shape index (κ2) is 57.0. The lowest BCUT2D eigenvalue weighted by molar-refractivity contribution is -0.167. The second-order valence-corrected chi connectivity index (χ2v) is 19.9. The van der Waals surface area contributed by atoms with Crippen molar-refractivity contribution in [2.24, 2.45) is 0 Å². The van der Waals surface area contributed by atoms with Crippen molar-refractivity contribution < 1.29 is 28.6 Å². The van der Waals surface area contributed by atoms with Crippen molar-refractivity contribution in [3.05, 3.63) is 48.6 Å². The molecule has 6 nitrogen and oxygen atoms in total. The molecule has 0 aliphatic rings. The third kappa shape index (κ3) is 54.3. The van der Waals surface area contributed by atoms with Gasteiger partial charge in [0.05, 0.1) is 0 Å².